The Kier molecular flexibility index (Phi) is 6.99. The first-order chi connectivity index (χ1) is 13.3. The Morgan fingerprint density at radius 2 is 1.82 bits per heavy atom. The van der Waals surface area contributed by atoms with E-state index >= 15 is 0 Å². The summed E-state index contributed by atoms with van der Waals surface area (Å²) in [4.78, 5) is 12.5. The number of hydrogen-bond donors (Lipinski definition) is 1. The molecule has 150 valence electrons. The second-order valence-corrected chi connectivity index (χ2v) is 9.69. The molecule has 2 aromatic rings. The monoisotopic (exact) mass is 440 g/mol. The molecule has 2 aromatic carbocycles. The molecule has 1 atom stereocenters. The van der Waals surface area contributed by atoms with Crippen molar-refractivity contribution in [3.05, 3.63) is 69.7 Å². The molecule has 1 amide bonds. The van der Waals surface area contributed by atoms with Crippen molar-refractivity contribution < 1.29 is 13.2 Å². The van der Waals surface area contributed by atoms with Crippen LogP contribution in [0.25, 0.3) is 0 Å². The standard InChI is InChI=1S/C20H22Cl2N2O3S/c21-18-9-8-16(11-19(18)22)14-28(26,27)24-10-4-7-17(13-24)20(25)23-12-15-5-2-1-3-6-15/h1-3,5-6,8-9,11,17H,4,7,10,12-14H2,(H,23,25)/t17-/m0/s1. The van der Waals surface area contributed by atoms with Gasteiger partial charge in [0.1, 0.15) is 0 Å². The summed E-state index contributed by atoms with van der Waals surface area (Å²) in [6.07, 6.45) is 1.34. The highest BCUT2D eigenvalue weighted by molar-refractivity contribution is 7.88. The zero-order valence-electron chi connectivity index (χ0n) is 15.3. The molecular weight excluding hydrogens is 419 g/mol. The molecule has 28 heavy (non-hydrogen) atoms. The van der Waals surface area contributed by atoms with Gasteiger partial charge in [0.05, 0.1) is 21.7 Å². The quantitative estimate of drug-likeness (QED) is 0.741. The maximum atomic E-state index is 12.8. The predicted molar refractivity (Wildman–Crippen MR) is 112 cm³/mol. The lowest BCUT2D eigenvalue weighted by Crippen LogP contribution is -2.45. The van der Waals surface area contributed by atoms with Gasteiger partial charge in [-0.05, 0) is 36.1 Å². The lowest BCUT2D eigenvalue weighted by atomic mass is 9.99. The summed E-state index contributed by atoms with van der Waals surface area (Å²) in [6, 6.07) is 14.4. The molecule has 3 rings (SSSR count). The SMILES string of the molecule is O=C(NCc1ccccc1)[C@H]1CCCN(S(=O)(=O)Cc2ccc(Cl)c(Cl)c2)C1. The number of halogens is 2. The largest absolute Gasteiger partial charge is 0.352 e. The third kappa shape index (κ3) is 5.47. The summed E-state index contributed by atoms with van der Waals surface area (Å²) in [5, 5.41) is 3.62. The fraction of sp³-hybridized carbons (Fsp3) is 0.350. The summed E-state index contributed by atoms with van der Waals surface area (Å²) >= 11 is 11.9. The number of sulfonamides is 1. The molecular formula is C20H22Cl2N2O3S. The van der Waals surface area contributed by atoms with Crippen molar-refractivity contribution in [1.29, 1.82) is 0 Å². The van der Waals surface area contributed by atoms with Crippen LogP contribution in [0.3, 0.4) is 0 Å². The Bertz CT molecular complexity index is 936. The van der Waals surface area contributed by atoms with E-state index in [-0.39, 0.29) is 24.1 Å². The Hall–Kier alpha value is -1.60. The van der Waals surface area contributed by atoms with E-state index in [1.807, 2.05) is 30.3 Å². The molecule has 0 radical (unpaired) electrons. The van der Waals surface area contributed by atoms with Gasteiger partial charge in [0, 0.05) is 19.6 Å². The number of amides is 1. The van der Waals surface area contributed by atoms with Crippen LogP contribution in [-0.4, -0.2) is 31.7 Å². The van der Waals surface area contributed by atoms with Crippen LogP contribution in [0.4, 0.5) is 0 Å². The summed E-state index contributed by atoms with van der Waals surface area (Å²) in [7, 11) is -3.55. The van der Waals surface area contributed by atoms with Gasteiger partial charge in [0.2, 0.25) is 15.9 Å². The maximum absolute atomic E-state index is 12.8. The minimum Gasteiger partial charge on any atom is -0.352 e. The number of piperidine rings is 1. The van der Waals surface area contributed by atoms with Crippen LogP contribution in [-0.2, 0) is 27.1 Å². The molecule has 0 unspecified atom stereocenters. The first-order valence-electron chi connectivity index (χ1n) is 9.08. The number of hydrogen-bond acceptors (Lipinski definition) is 3. The van der Waals surface area contributed by atoms with E-state index in [1.54, 1.807) is 18.2 Å². The highest BCUT2D eigenvalue weighted by atomic mass is 35.5. The summed E-state index contributed by atoms with van der Waals surface area (Å²) in [5.41, 5.74) is 1.58. The summed E-state index contributed by atoms with van der Waals surface area (Å²) in [5.74, 6) is -0.623. The molecule has 1 aliphatic rings. The van der Waals surface area contributed by atoms with Crippen LogP contribution in [0.5, 0.6) is 0 Å². The van der Waals surface area contributed by atoms with Gasteiger partial charge in [0.15, 0.2) is 0 Å². The van der Waals surface area contributed by atoms with E-state index in [9.17, 15) is 13.2 Å². The molecule has 0 aliphatic carbocycles. The Morgan fingerprint density at radius 1 is 1.07 bits per heavy atom. The van der Waals surface area contributed by atoms with Crippen LogP contribution >= 0.6 is 23.2 Å². The molecule has 0 spiro atoms. The Balaban J connectivity index is 1.61. The van der Waals surface area contributed by atoms with Crippen molar-refractivity contribution in [2.45, 2.75) is 25.1 Å². The topological polar surface area (TPSA) is 66.5 Å². The fourth-order valence-corrected chi connectivity index (χ4v) is 5.19. The van der Waals surface area contributed by atoms with E-state index in [1.165, 1.54) is 4.31 Å². The summed E-state index contributed by atoms with van der Waals surface area (Å²) in [6.45, 7) is 1.06. The first-order valence-corrected chi connectivity index (χ1v) is 11.4. The van der Waals surface area contributed by atoms with Gasteiger partial charge >= 0.3 is 0 Å². The second kappa shape index (κ2) is 9.27. The lowest BCUT2D eigenvalue weighted by molar-refractivity contribution is -0.126. The molecule has 8 heteroatoms. The zero-order valence-corrected chi connectivity index (χ0v) is 17.6. The smallest absolute Gasteiger partial charge is 0.224 e. The summed E-state index contributed by atoms with van der Waals surface area (Å²) < 4.78 is 27.0. The molecule has 0 saturated carbocycles. The van der Waals surface area contributed by atoms with Crippen LogP contribution < -0.4 is 5.32 Å². The number of carbonyl (C=O) groups is 1. The number of rotatable bonds is 6. The van der Waals surface area contributed by atoms with E-state index < -0.39 is 10.0 Å². The number of benzene rings is 2. The van der Waals surface area contributed by atoms with Crippen molar-refractivity contribution in [1.82, 2.24) is 9.62 Å². The van der Waals surface area contributed by atoms with Crippen molar-refractivity contribution in [3.8, 4) is 0 Å². The van der Waals surface area contributed by atoms with Crippen molar-refractivity contribution in [3.63, 3.8) is 0 Å². The molecule has 1 saturated heterocycles. The highest BCUT2D eigenvalue weighted by Crippen LogP contribution is 2.26. The number of nitrogens with zero attached hydrogens (tertiary/aromatic N) is 1. The van der Waals surface area contributed by atoms with Gasteiger partial charge in [0.25, 0.3) is 0 Å². The third-order valence-electron chi connectivity index (χ3n) is 4.79. The van der Waals surface area contributed by atoms with Crippen molar-refractivity contribution in [2.24, 2.45) is 5.92 Å². The van der Waals surface area contributed by atoms with Crippen LogP contribution in [0.1, 0.15) is 24.0 Å². The van der Waals surface area contributed by atoms with Gasteiger partial charge < -0.3 is 5.32 Å². The van der Waals surface area contributed by atoms with Gasteiger partial charge in [-0.1, -0.05) is 59.6 Å². The average Bonchev–Trinajstić information content (AvgIpc) is 2.69. The Labute approximate surface area is 175 Å². The van der Waals surface area contributed by atoms with Crippen LogP contribution in [0.2, 0.25) is 10.0 Å². The molecule has 1 N–H and O–H groups in total. The second-order valence-electron chi connectivity index (χ2n) is 6.91. The molecule has 5 nitrogen and oxygen atoms in total. The maximum Gasteiger partial charge on any atom is 0.224 e. The highest BCUT2D eigenvalue weighted by Gasteiger charge is 2.32. The molecule has 1 aliphatic heterocycles. The molecule has 0 aromatic heterocycles. The number of nitrogens with one attached hydrogen (secondary N) is 1. The van der Waals surface area contributed by atoms with E-state index in [2.05, 4.69) is 5.32 Å². The van der Waals surface area contributed by atoms with E-state index in [0.29, 0.717) is 41.5 Å². The third-order valence-corrected chi connectivity index (χ3v) is 7.35. The molecule has 1 fully saturated rings. The average molecular weight is 441 g/mol. The van der Waals surface area contributed by atoms with E-state index in [4.69, 9.17) is 23.2 Å². The fourth-order valence-electron chi connectivity index (χ4n) is 3.27. The zero-order chi connectivity index (χ0) is 20.1. The minimum atomic E-state index is -3.55. The van der Waals surface area contributed by atoms with Gasteiger partial charge in [-0.2, -0.15) is 0 Å². The predicted octanol–water partition coefficient (Wildman–Crippen LogP) is 3.85. The lowest BCUT2D eigenvalue weighted by Gasteiger charge is -2.31. The van der Waals surface area contributed by atoms with Crippen molar-refractivity contribution >= 4 is 39.1 Å². The minimum absolute atomic E-state index is 0.113. The van der Waals surface area contributed by atoms with Crippen LogP contribution in [0.15, 0.2) is 48.5 Å². The first kappa shape index (κ1) is 21.1. The molecule has 1 heterocycles. The van der Waals surface area contributed by atoms with Crippen molar-refractivity contribution in [2.75, 3.05) is 13.1 Å². The van der Waals surface area contributed by atoms with Crippen LogP contribution in [0, 0.1) is 5.92 Å². The Morgan fingerprint density at radius 3 is 2.54 bits per heavy atom. The molecule has 0 bridgehead atoms. The number of carbonyl (C=O) groups excluding carboxylic acids is 1. The van der Waals surface area contributed by atoms with Gasteiger partial charge in [-0.15, -0.1) is 0 Å². The normalized spacial score (nSPS) is 18.0. The van der Waals surface area contributed by atoms with Gasteiger partial charge in [-0.3, -0.25) is 4.79 Å². The van der Waals surface area contributed by atoms with E-state index in [0.717, 1.165) is 5.56 Å². The van der Waals surface area contributed by atoms with Gasteiger partial charge in [-0.25, -0.2) is 12.7 Å².